The molecule has 0 spiro atoms. The van der Waals surface area contributed by atoms with Gasteiger partial charge in [-0.05, 0) is 57.3 Å². The average molecular weight is 499 g/mol. The van der Waals surface area contributed by atoms with E-state index in [4.69, 9.17) is 0 Å². The van der Waals surface area contributed by atoms with Gasteiger partial charge in [-0.2, -0.15) is 0 Å². The lowest BCUT2D eigenvalue weighted by atomic mass is 10.0. The van der Waals surface area contributed by atoms with E-state index in [9.17, 15) is 4.79 Å². The number of aryl methyl sites for hydroxylation is 1. The molecule has 3 rings (SSSR count). The molecule has 0 saturated carbocycles. The SMILES string of the molecule is CCNC(=NCC(=O)N1CCCc2ccccc21)NCC1CCCN1CC.I. The van der Waals surface area contributed by atoms with Gasteiger partial charge in [0.05, 0.1) is 0 Å². The molecule has 7 heteroatoms. The number of halogens is 1. The highest BCUT2D eigenvalue weighted by Gasteiger charge is 2.24. The average Bonchev–Trinajstić information content (AvgIpc) is 3.17. The van der Waals surface area contributed by atoms with Gasteiger partial charge in [-0.25, -0.2) is 4.99 Å². The molecule has 1 amide bonds. The molecule has 6 nitrogen and oxygen atoms in total. The van der Waals surface area contributed by atoms with Crippen LogP contribution in [0, 0.1) is 0 Å². The van der Waals surface area contributed by atoms with E-state index in [-0.39, 0.29) is 36.4 Å². The topological polar surface area (TPSA) is 60.0 Å². The summed E-state index contributed by atoms with van der Waals surface area (Å²) < 4.78 is 0. The van der Waals surface area contributed by atoms with Gasteiger partial charge in [-0.15, -0.1) is 24.0 Å². The van der Waals surface area contributed by atoms with Crippen molar-refractivity contribution in [2.45, 2.75) is 45.6 Å². The van der Waals surface area contributed by atoms with E-state index in [1.807, 2.05) is 30.0 Å². The second kappa shape index (κ2) is 11.6. The molecular formula is C21H34IN5O. The number of hydrogen-bond donors (Lipinski definition) is 2. The number of aliphatic imine (C=N–C) groups is 1. The molecule has 2 aliphatic heterocycles. The number of fused-ring (bicyclic) bond motifs is 1. The molecule has 1 unspecified atom stereocenters. The van der Waals surface area contributed by atoms with Crippen LogP contribution in [-0.2, 0) is 11.2 Å². The summed E-state index contributed by atoms with van der Waals surface area (Å²) in [5.74, 6) is 0.800. The molecule has 0 bridgehead atoms. The molecule has 28 heavy (non-hydrogen) atoms. The third-order valence-corrected chi connectivity index (χ3v) is 5.54. The maximum Gasteiger partial charge on any atom is 0.248 e. The van der Waals surface area contributed by atoms with E-state index in [1.165, 1.54) is 24.9 Å². The Balaban J connectivity index is 0.00000280. The summed E-state index contributed by atoms with van der Waals surface area (Å²) in [5.41, 5.74) is 2.30. The third-order valence-electron chi connectivity index (χ3n) is 5.54. The molecular weight excluding hydrogens is 465 g/mol. The van der Waals surface area contributed by atoms with E-state index < -0.39 is 0 Å². The quantitative estimate of drug-likeness (QED) is 0.359. The van der Waals surface area contributed by atoms with Gasteiger partial charge < -0.3 is 15.5 Å². The highest BCUT2D eigenvalue weighted by atomic mass is 127. The van der Waals surface area contributed by atoms with Gasteiger partial charge in [0.25, 0.3) is 0 Å². The Bertz CT molecular complexity index is 666. The van der Waals surface area contributed by atoms with E-state index in [0.29, 0.717) is 6.04 Å². The summed E-state index contributed by atoms with van der Waals surface area (Å²) >= 11 is 0. The maximum atomic E-state index is 12.8. The van der Waals surface area contributed by atoms with Crippen molar-refractivity contribution < 1.29 is 4.79 Å². The van der Waals surface area contributed by atoms with Gasteiger partial charge in [0.15, 0.2) is 5.96 Å². The zero-order valence-electron chi connectivity index (χ0n) is 17.1. The highest BCUT2D eigenvalue weighted by Crippen LogP contribution is 2.26. The fourth-order valence-corrected chi connectivity index (χ4v) is 4.12. The van der Waals surface area contributed by atoms with E-state index >= 15 is 0 Å². The molecule has 1 aromatic rings. The molecule has 1 aromatic carbocycles. The van der Waals surface area contributed by atoms with Gasteiger partial charge >= 0.3 is 0 Å². The predicted molar refractivity (Wildman–Crippen MR) is 127 cm³/mol. The minimum absolute atomic E-state index is 0. The standard InChI is InChI=1S/C21H33N5O.HI/c1-3-22-21(23-15-18-11-8-13-25(18)4-2)24-16-20(27)26-14-7-10-17-9-5-6-12-19(17)26;/h5-6,9,12,18H,3-4,7-8,10-11,13-16H2,1-2H3,(H2,22,23,24);1H. The van der Waals surface area contributed by atoms with Crippen LogP contribution in [0.5, 0.6) is 0 Å². The fourth-order valence-electron chi connectivity index (χ4n) is 4.12. The summed E-state index contributed by atoms with van der Waals surface area (Å²) in [6, 6.07) is 8.76. The van der Waals surface area contributed by atoms with Crippen LogP contribution in [0.15, 0.2) is 29.3 Å². The summed E-state index contributed by atoms with van der Waals surface area (Å²) in [7, 11) is 0. The number of para-hydroxylation sites is 1. The van der Waals surface area contributed by atoms with E-state index in [2.05, 4.69) is 33.5 Å². The van der Waals surface area contributed by atoms with Crippen molar-refractivity contribution in [2.24, 2.45) is 4.99 Å². The Labute approximate surface area is 186 Å². The van der Waals surface area contributed by atoms with Crippen LogP contribution in [-0.4, -0.2) is 62.1 Å². The largest absolute Gasteiger partial charge is 0.357 e. The molecule has 0 aliphatic carbocycles. The molecule has 156 valence electrons. The lowest BCUT2D eigenvalue weighted by Crippen LogP contribution is -2.45. The first kappa shape index (κ1) is 22.9. The van der Waals surface area contributed by atoms with Crippen LogP contribution in [0.1, 0.15) is 38.7 Å². The summed E-state index contributed by atoms with van der Waals surface area (Å²) in [4.78, 5) is 21.7. The number of guanidine groups is 1. The molecule has 1 fully saturated rings. The minimum atomic E-state index is 0. The van der Waals surface area contributed by atoms with Crippen LogP contribution in [0.3, 0.4) is 0 Å². The lowest BCUT2D eigenvalue weighted by Gasteiger charge is -2.29. The van der Waals surface area contributed by atoms with Crippen molar-refractivity contribution >= 4 is 41.5 Å². The van der Waals surface area contributed by atoms with Crippen molar-refractivity contribution in [3.05, 3.63) is 29.8 Å². The van der Waals surface area contributed by atoms with Crippen molar-refractivity contribution in [1.29, 1.82) is 0 Å². The van der Waals surface area contributed by atoms with E-state index in [0.717, 1.165) is 50.7 Å². The Hall–Kier alpha value is -1.35. The molecule has 2 N–H and O–H groups in total. The summed E-state index contributed by atoms with van der Waals surface area (Å²) in [5, 5.41) is 6.70. The number of carbonyl (C=O) groups excluding carboxylic acids is 1. The molecule has 1 atom stereocenters. The number of nitrogens with zero attached hydrogens (tertiary/aromatic N) is 3. The minimum Gasteiger partial charge on any atom is -0.357 e. The highest BCUT2D eigenvalue weighted by molar-refractivity contribution is 14.0. The van der Waals surface area contributed by atoms with Crippen molar-refractivity contribution in [3.63, 3.8) is 0 Å². The fraction of sp³-hybridized carbons (Fsp3) is 0.619. The van der Waals surface area contributed by atoms with Gasteiger partial charge in [0.1, 0.15) is 6.54 Å². The second-order valence-corrected chi connectivity index (χ2v) is 7.28. The molecule has 0 radical (unpaired) electrons. The monoisotopic (exact) mass is 499 g/mol. The van der Waals surface area contributed by atoms with Gasteiger partial charge in [0.2, 0.25) is 5.91 Å². The number of rotatable bonds is 6. The number of anilines is 1. The van der Waals surface area contributed by atoms with Crippen LogP contribution >= 0.6 is 24.0 Å². The number of likely N-dealkylation sites (tertiary alicyclic amines) is 1. The van der Waals surface area contributed by atoms with E-state index in [1.54, 1.807) is 0 Å². The number of benzene rings is 1. The summed E-state index contributed by atoms with van der Waals surface area (Å²) in [6.45, 7) is 9.15. The molecule has 2 heterocycles. The number of carbonyl (C=O) groups is 1. The number of nitrogens with one attached hydrogen (secondary N) is 2. The lowest BCUT2D eigenvalue weighted by molar-refractivity contribution is -0.117. The zero-order valence-corrected chi connectivity index (χ0v) is 19.4. The first-order chi connectivity index (χ1) is 13.2. The van der Waals surface area contributed by atoms with Crippen molar-refractivity contribution in [2.75, 3.05) is 44.2 Å². The smallest absolute Gasteiger partial charge is 0.248 e. The van der Waals surface area contributed by atoms with Crippen LogP contribution in [0.25, 0.3) is 0 Å². The first-order valence-electron chi connectivity index (χ1n) is 10.4. The Morgan fingerprint density at radius 2 is 2.00 bits per heavy atom. The number of amides is 1. The van der Waals surface area contributed by atoms with Gasteiger partial charge in [0, 0.05) is 31.4 Å². The predicted octanol–water partition coefficient (Wildman–Crippen LogP) is 2.62. The third kappa shape index (κ3) is 5.83. The normalized spacial score (nSPS) is 19.7. The van der Waals surface area contributed by atoms with Crippen LogP contribution < -0.4 is 15.5 Å². The maximum absolute atomic E-state index is 12.8. The Morgan fingerprint density at radius 3 is 2.79 bits per heavy atom. The Kier molecular flexibility index (Phi) is 9.50. The second-order valence-electron chi connectivity index (χ2n) is 7.28. The Morgan fingerprint density at radius 1 is 1.18 bits per heavy atom. The van der Waals surface area contributed by atoms with Gasteiger partial charge in [-0.3, -0.25) is 9.69 Å². The molecule has 0 aromatic heterocycles. The molecule has 1 saturated heterocycles. The molecule has 2 aliphatic rings. The van der Waals surface area contributed by atoms with Crippen molar-refractivity contribution in [3.8, 4) is 0 Å². The van der Waals surface area contributed by atoms with Crippen LogP contribution in [0.2, 0.25) is 0 Å². The van der Waals surface area contributed by atoms with Gasteiger partial charge in [-0.1, -0.05) is 25.1 Å². The number of likely N-dealkylation sites (N-methyl/N-ethyl adjacent to an activating group) is 1. The zero-order chi connectivity index (χ0) is 19.1. The van der Waals surface area contributed by atoms with Crippen LogP contribution in [0.4, 0.5) is 5.69 Å². The number of hydrogen-bond acceptors (Lipinski definition) is 3. The van der Waals surface area contributed by atoms with Crippen molar-refractivity contribution in [1.82, 2.24) is 15.5 Å². The summed E-state index contributed by atoms with van der Waals surface area (Å²) in [6.07, 6.45) is 4.55. The first-order valence-corrected chi connectivity index (χ1v) is 10.4.